The van der Waals surface area contributed by atoms with Crippen LogP contribution in [0.25, 0.3) is 11.4 Å². The minimum atomic E-state index is -4.29. The topological polar surface area (TPSA) is 53.9 Å². The van der Waals surface area contributed by atoms with Crippen LogP contribution in [0.1, 0.15) is 74.9 Å². The Labute approximate surface area is 231 Å². The highest BCUT2D eigenvalue weighted by Gasteiger charge is 2.29. The molecule has 212 valence electrons. The minimum absolute atomic E-state index is 0.414. The number of hydrogen-bond acceptors (Lipinski definition) is 5. The largest absolute Gasteiger partial charge is 0.416 e. The summed E-state index contributed by atoms with van der Waals surface area (Å²) in [5.74, 6) is 1.17. The molecule has 0 saturated heterocycles. The van der Waals surface area contributed by atoms with Gasteiger partial charge < -0.3 is 10.2 Å². The Morgan fingerprint density at radius 1 is 0.846 bits per heavy atom. The first-order chi connectivity index (χ1) is 18.8. The van der Waals surface area contributed by atoms with Crippen molar-refractivity contribution in [2.45, 2.75) is 71.4 Å². The van der Waals surface area contributed by atoms with E-state index >= 15 is 0 Å². The predicted octanol–water partition coefficient (Wildman–Crippen LogP) is 6.94. The van der Waals surface area contributed by atoms with E-state index in [-0.39, 0.29) is 0 Å². The second kappa shape index (κ2) is 15.7. The summed E-state index contributed by atoms with van der Waals surface area (Å²) >= 11 is 0. The second-order valence-electron chi connectivity index (χ2n) is 10.00. The Balaban J connectivity index is 1.53. The molecule has 2 heterocycles. The maximum Gasteiger partial charge on any atom is 0.416 e. The van der Waals surface area contributed by atoms with E-state index in [1.807, 2.05) is 12.1 Å². The van der Waals surface area contributed by atoms with Gasteiger partial charge in [-0.2, -0.15) is 13.2 Å². The first-order valence-corrected chi connectivity index (χ1v) is 14.2. The fourth-order valence-electron chi connectivity index (χ4n) is 4.64. The molecule has 8 heteroatoms. The van der Waals surface area contributed by atoms with Gasteiger partial charge in [0.2, 0.25) is 0 Å². The number of unbranched alkanes of at least 4 members (excludes halogenated alkanes) is 1. The van der Waals surface area contributed by atoms with Crippen LogP contribution in [-0.4, -0.2) is 52.6 Å². The van der Waals surface area contributed by atoms with Gasteiger partial charge in [0.15, 0.2) is 5.82 Å². The van der Waals surface area contributed by atoms with E-state index < -0.39 is 11.7 Å². The van der Waals surface area contributed by atoms with Crippen molar-refractivity contribution in [2.75, 3.05) is 32.7 Å². The standard InChI is InChI=1S/C31H42F3N5/c1-4-7-20-39(21-15-24-8-10-27(11-9-24)31(32,33)34)22-19-36-18-14-28-23-29(25(5-2)6-3)38-30(37-28)26-12-16-35-17-13-26/h8-13,16-17,23,25,36H,4-7,14-15,18-22H2,1-3H3. The summed E-state index contributed by atoms with van der Waals surface area (Å²) in [4.78, 5) is 16.2. The van der Waals surface area contributed by atoms with Crippen LogP contribution in [0.3, 0.4) is 0 Å². The average Bonchev–Trinajstić information content (AvgIpc) is 2.94. The van der Waals surface area contributed by atoms with Gasteiger partial charge in [-0.15, -0.1) is 0 Å². The number of nitrogens with one attached hydrogen (secondary N) is 1. The zero-order chi connectivity index (χ0) is 28.1. The van der Waals surface area contributed by atoms with Gasteiger partial charge in [0.25, 0.3) is 0 Å². The van der Waals surface area contributed by atoms with Crippen molar-refractivity contribution in [3.8, 4) is 11.4 Å². The molecule has 0 radical (unpaired) electrons. The second-order valence-corrected chi connectivity index (χ2v) is 10.00. The molecule has 5 nitrogen and oxygen atoms in total. The molecule has 3 rings (SSSR count). The first-order valence-electron chi connectivity index (χ1n) is 14.2. The quantitative estimate of drug-likeness (QED) is 0.199. The summed E-state index contributed by atoms with van der Waals surface area (Å²) in [6.07, 6.45) is 5.09. The van der Waals surface area contributed by atoms with E-state index in [1.165, 1.54) is 12.1 Å². The molecule has 0 amide bonds. The molecule has 3 aromatic rings. The molecule has 0 atom stereocenters. The van der Waals surface area contributed by atoms with E-state index in [4.69, 9.17) is 9.97 Å². The van der Waals surface area contributed by atoms with Crippen molar-refractivity contribution in [1.29, 1.82) is 0 Å². The highest BCUT2D eigenvalue weighted by atomic mass is 19.4. The van der Waals surface area contributed by atoms with Crippen molar-refractivity contribution in [2.24, 2.45) is 0 Å². The third-order valence-corrected chi connectivity index (χ3v) is 7.13. The number of aromatic nitrogens is 3. The number of hydrogen-bond donors (Lipinski definition) is 1. The Hall–Kier alpha value is -2.84. The molecule has 0 unspecified atom stereocenters. The fourth-order valence-corrected chi connectivity index (χ4v) is 4.64. The van der Waals surface area contributed by atoms with Gasteiger partial charge in [0.05, 0.1) is 5.56 Å². The third kappa shape index (κ3) is 10.0. The molecule has 39 heavy (non-hydrogen) atoms. The Morgan fingerprint density at radius 2 is 1.56 bits per heavy atom. The lowest BCUT2D eigenvalue weighted by Crippen LogP contribution is -2.35. The van der Waals surface area contributed by atoms with Crippen LogP contribution in [-0.2, 0) is 19.0 Å². The van der Waals surface area contributed by atoms with Gasteiger partial charge >= 0.3 is 6.18 Å². The maximum atomic E-state index is 12.8. The summed E-state index contributed by atoms with van der Waals surface area (Å²) in [5.41, 5.74) is 3.45. The summed E-state index contributed by atoms with van der Waals surface area (Å²) in [7, 11) is 0. The van der Waals surface area contributed by atoms with Gasteiger partial charge in [0.1, 0.15) is 0 Å². The number of alkyl halides is 3. The first kappa shape index (κ1) is 30.7. The van der Waals surface area contributed by atoms with Gasteiger partial charge in [-0.05, 0) is 68.1 Å². The van der Waals surface area contributed by atoms with Gasteiger partial charge in [-0.25, -0.2) is 9.97 Å². The zero-order valence-electron chi connectivity index (χ0n) is 23.5. The lowest BCUT2D eigenvalue weighted by atomic mass is 9.98. The average molecular weight is 542 g/mol. The smallest absolute Gasteiger partial charge is 0.315 e. The van der Waals surface area contributed by atoms with Gasteiger partial charge in [-0.1, -0.05) is 39.3 Å². The summed E-state index contributed by atoms with van der Waals surface area (Å²) in [6.45, 7) is 10.9. The Bertz CT molecular complexity index is 1100. The van der Waals surface area contributed by atoms with E-state index in [0.717, 1.165) is 99.6 Å². The van der Waals surface area contributed by atoms with E-state index in [1.54, 1.807) is 24.5 Å². The van der Waals surface area contributed by atoms with Crippen molar-refractivity contribution in [3.63, 3.8) is 0 Å². The number of halogens is 3. The lowest BCUT2D eigenvalue weighted by molar-refractivity contribution is -0.137. The van der Waals surface area contributed by atoms with Crippen LogP contribution in [0.15, 0.2) is 54.9 Å². The van der Waals surface area contributed by atoms with E-state index in [9.17, 15) is 13.2 Å². The number of nitrogens with zero attached hydrogens (tertiary/aromatic N) is 4. The molecule has 2 aromatic heterocycles. The van der Waals surface area contributed by atoms with Gasteiger partial charge in [-0.3, -0.25) is 4.98 Å². The van der Waals surface area contributed by atoms with Crippen molar-refractivity contribution >= 4 is 0 Å². The van der Waals surface area contributed by atoms with Crippen LogP contribution < -0.4 is 5.32 Å². The van der Waals surface area contributed by atoms with Crippen molar-refractivity contribution < 1.29 is 13.2 Å². The SMILES string of the molecule is CCCCN(CCNCCc1cc(C(CC)CC)nc(-c2ccncc2)n1)CCc1ccc(C(F)(F)F)cc1. The number of pyridine rings is 1. The van der Waals surface area contributed by atoms with Crippen LogP contribution in [0.2, 0.25) is 0 Å². The Morgan fingerprint density at radius 3 is 2.21 bits per heavy atom. The fraction of sp³-hybridized carbons (Fsp3) is 0.516. The lowest BCUT2D eigenvalue weighted by Gasteiger charge is -2.22. The van der Waals surface area contributed by atoms with Crippen LogP contribution in [0, 0.1) is 0 Å². The molecular weight excluding hydrogens is 499 g/mol. The zero-order valence-corrected chi connectivity index (χ0v) is 23.5. The van der Waals surface area contributed by atoms with Gasteiger partial charge in [0, 0.05) is 67.9 Å². The number of benzene rings is 1. The van der Waals surface area contributed by atoms with Crippen LogP contribution >= 0.6 is 0 Å². The molecule has 0 fully saturated rings. The van der Waals surface area contributed by atoms with E-state index in [0.29, 0.717) is 5.92 Å². The molecule has 0 aliphatic carbocycles. The summed E-state index contributed by atoms with van der Waals surface area (Å²) in [6, 6.07) is 11.6. The van der Waals surface area contributed by atoms with Crippen LogP contribution in [0.5, 0.6) is 0 Å². The molecule has 0 bridgehead atoms. The van der Waals surface area contributed by atoms with Crippen molar-refractivity contribution in [1.82, 2.24) is 25.2 Å². The molecule has 0 aliphatic rings. The highest BCUT2D eigenvalue weighted by Crippen LogP contribution is 2.29. The maximum absolute atomic E-state index is 12.8. The monoisotopic (exact) mass is 541 g/mol. The molecule has 0 aliphatic heterocycles. The number of rotatable bonds is 16. The molecular formula is C31H42F3N5. The normalized spacial score (nSPS) is 12.0. The molecule has 0 spiro atoms. The summed E-state index contributed by atoms with van der Waals surface area (Å²) in [5, 5.41) is 3.56. The third-order valence-electron chi connectivity index (χ3n) is 7.13. The van der Waals surface area contributed by atoms with Crippen molar-refractivity contribution in [3.05, 3.63) is 77.4 Å². The minimum Gasteiger partial charge on any atom is -0.315 e. The Kier molecular flexibility index (Phi) is 12.3. The predicted molar refractivity (Wildman–Crippen MR) is 152 cm³/mol. The molecule has 1 N–H and O–H groups in total. The molecule has 1 aromatic carbocycles. The molecule has 0 saturated carbocycles. The summed E-state index contributed by atoms with van der Waals surface area (Å²) < 4.78 is 38.5. The van der Waals surface area contributed by atoms with Crippen LogP contribution in [0.4, 0.5) is 13.2 Å². The van der Waals surface area contributed by atoms with E-state index in [2.05, 4.69) is 42.0 Å². The highest BCUT2D eigenvalue weighted by molar-refractivity contribution is 5.54.